The zero-order valence-electron chi connectivity index (χ0n) is 12.4. The van der Waals surface area contributed by atoms with Crippen LogP contribution >= 0.6 is 11.3 Å². The molecule has 2 amide bonds. The van der Waals surface area contributed by atoms with Crippen LogP contribution in [0.25, 0.3) is 0 Å². The van der Waals surface area contributed by atoms with Gasteiger partial charge in [0.25, 0.3) is 0 Å². The average molecular weight is 320 g/mol. The van der Waals surface area contributed by atoms with Crippen LogP contribution in [0.5, 0.6) is 0 Å². The number of hydrogen-bond acceptors (Lipinski definition) is 3. The van der Waals surface area contributed by atoms with E-state index in [2.05, 4.69) is 17.6 Å². The van der Waals surface area contributed by atoms with Crippen LogP contribution in [-0.4, -0.2) is 11.8 Å². The van der Waals surface area contributed by atoms with Crippen LogP contribution in [0.2, 0.25) is 0 Å². The number of carbonyl (C=O) groups is 2. The fourth-order valence-electron chi connectivity index (χ4n) is 1.87. The Morgan fingerprint density at radius 1 is 1.14 bits per heavy atom. The van der Waals surface area contributed by atoms with Crippen LogP contribution in [-0.2, 0) is 22.6 Å². The van der Waals surface area contributed by atoms with Crippen molar-refractivity contribution in [3.63, 3.8) is 0 Å². The summed E-state index contributed by atoms with van der Waals surface area (Å²) in [7, 11) is 0. The molecule has 1 heterocycles. The second kappa shape index (κ2) is 7.17. The molecule has 0 aliphatic heterocycles. The van der Waals surface area contributed by atoms with Crippen molar-refractivity contribution in [2.75, 3.05) is 5.32 Å². The minimum Gasteiger partial charge on any atom is -0.343 e. The molecule has 116 valence electrons. The first-order chi connectivity index (χ1) is 10.5. The SMILES string of the molecule is CCc1ccc(CNC(=O)C(=O)Nc2cc(C)ccc2F)s1. The van der Waals surface area contributed by atoms with Gasteiger partial charge in [-0.1, -0.05) is 13.0 Å². The quantitative estimate of drug-likeness (QED) is 0.851. The maximum atomic E-state index is 13.5. The molecule has 1 aromatic carbocycles. The third-order valence-electron chi connectivity index (χ3n) is 3.07. The van der Waals surface area contributed by atoms with E-state index in [4.69, 9.17) is 0 Å². The van der Waals surface area contributed by atoms with Crippen LogP contribution in [0.4, 0.5) is 10.1 Å². The molecule has 6 heteroatoms. The third-order valence-corrected chi connectivity index (χ3v) is 4.29. The number of rotatable bonds is 4. The molecule has 2 N–H and O–H groups in total. The Hall–Kier alpha value is -2.21. The number of carbonyl (C=O) groups excluding carboxylic acids is 2. The third kappa shape index (κ3) is 4.14. The summed E-state index contributed by atoms with van der Waals surface area (Å²) < 4.78 is 13.5. The number of amides is 2. The van der Waals surface area contributed by atoms with Gasteiger partial charge in [-0.3, -0.25) is 9.59 Å². The molecule has 0 aliphatic rings. The fraction of sp³-hybridized carbons (Fsp3) is 0.250. The van der Waals surface area contributed by atoms with E-state index < -0.39 is 17.6 Å². The van der Waals surface area contributed by atoms with Crippen molar-refractivity contribution in [2.45, 2.75) is 26.8 Å². The van der Waals surface area contributed by atoms with Gasteiger partial charge in [0.2, 0.25) is 0 Å². The minimum atomic E-state index is -0.878. The molecular weight excluding hydrogens is 303 g/mol. The molecule has 4 nitrogen and oxygen atoms in total. The Bertz CT molecular complexity index is 697. The lowest BCUT2D eigenvalue weighted by atomic mass is 10.2. The van der Waals surface area contributed by atoms with Gasteiger partial charge in [-0.2, -0.15) is 0 Å². The Morgan fingerprint density at radius 2 is 1.86 bits per heavy atom. The number of halogens is 1. The lowest BCUT2D eigenvalue weighted by Crippen LogP contribution is -2.35. The molecule has 0 aliphatic carbocycles. The predicted octanol–water partition coefficient (Wildman–Crippen LogP) is 3.01. The van der Waals surface area contributed by atoms with Crippen LogP contribution in [0.15, 0.2) is 30.3 Å². The topological polar surface area (TPSA) is 58.2 Å². The minimum absolute atomic E-state index is 0.00421. The van der Waals surface area contributed by atoms with E-state index >= 15 is 0 Å². The summed E-state index contributed by atoms with van der Waals surface area (Å²) in [5, 5.41) is 4.81. The molecule has 0 radical (unpaired) electrons. The highest BCUT2D eigenvalue weighted by atomic mass is 32.1. The summed E-state index contributed by atoms with van der Waals surface area (Å²) in [5.74, 6) is -2.23. The molecule has 0 spiro atoms. The lowest BCUT2D eigenvalue weighted by molar-refractivity contribution is -0.136. The summed E-state index contributed by atoms with van der Waals surface area (Å²) in [6.45, 7) is 4.11. The van der Waals surface area contributed by atoms with Gasteiger partial charge in [0.05, 0.1) is 12.2 Å². The van der Waals surface area contributed by atoms with Crippen LogP contribution in [0.1, 0.15) is 22.2 Å². The molecule has 1 aromatic heterocycles. The van der Waals surface area contributed by atoms with Gasteiger partial charge in [-0.25, -0.2) is 4.39 Å². The molecular formula is C16H17FN2O2S. The van der Waals surface area contributed by atoms with E-state index in [9.17, 15) is 14.0 Å². The van der Waals surface area contributed by atoms with Gasteiger partial charge in [0, 0.05) is 9.75 Å². The maximum Gasteiger partial charge on any atom is 0.313 e. The van der Waals surface area contributed by atoms with Crippen LogP contribution < -0.4 is 10.6 Å². The first-order valence-electron chi connectivity index (χ1n) is 6.92. The number of anilines is 1. The highest BCUT2D eigenvalue weighted by Gasteiger charge is 2.15. The summed E-state index contributed by atoms with van der Waals surface area (Å²) >= 11 is 1.59. The van der Waals surface area contributed by atoms with E-state index in [0.29, 0.717) is 0 Å². The molecule has 0 bridgehead atoms. The summed E-state index contributed by atoms with van der Waals surface area (Å²) in [6.07, 6.45) is 0.936. The molecule has 2 aromatic rings. The van der Waals surface area contributed by atoms with Gasteiger partial charge in [0.15, 0.2) is 0 Å². The fourth-order valence-corrected chi connectivity index (χ4v) is 2.77. The Labute approximate surface area is 132 Å². The number of benzene rings is 1. The normalized spacial score (nSPS) is 10.3. The van der Waals surface area contributed by atoms with Crippen LogP contribution in [0, 0.1) is 12.7 Å². The molecule has 0 atom stereocenters. The molecule has 0 saturated heterocycles. The van der Waals surface area contributed by atoms with Crippen LogP contribution in [0.3, 0.4) is 0 Å². The molecule has 0 fully saturated rings. The van der Waals surface area contributed by atoms with Crippen molar-refractivity contribution < 1.29 is 14.0 Å². The van der Waals surface area contributed by atoms with E-state index in [0.717, 1.165) is 16.9 Å². The number of hydrogen-bond donors (Lipinski definition) is 2. The molecule has 2 rings (SSSR count). The van der Waals surface area contributed by atoms with Crippen molar-refractivity contribution in [1.82, 2.24) is 5.32 Å². The van der Waals surface area contributed by atoms with Gasteiger partial charge >= 0.3 is 11.8 Å². The monoisotopic (exact) mass is 320 g/mol. The van der Waals surface area contributed by atoms with Gasteiger partial charge in [-0.15, -0.1) is 11.3 Å². The van der Waals surface area contributed by atoms with Gasteiger partial charge < -0.3 is 10.6 Å². The molecule has 22 heavy (non-hydrogen) atoms. The number of aryl methyl sites for hydroxylation is 2. The zero-order chi connectivity index (χ0) is 16.1. The second-order valence-corrected chi connectivity index (χ2v) is 6.09. The number of thiophene rings is 1. The summed E-state index contributed by atoms with van der Waals surface area (Å²) in [4.78, 5) is 25.7. The Balaban J connectivity index is 1.91. The number of nitrogens with one attached hydrogen (secondary N) is 2. The Morgan fingerprint density at radius 3 is 2.55 bits per heavy atom. The van der Waals surface area contributed by atoms with Gasteiger partial charge in [0.1, 0.15) is 5.82 Å². The van der Waals surface area contributed by atoms with Gasteiger partial charge in [-0.05, 0) is 43.2 Å². The van der Waals surface area contributed by atoms with Crippen molar-refractivity contribution in [3.8, 4) is 0 Å². The second-order valence-electron chi connectivity index (χ2n) is 4.84. The van der Waals surface area contributed by atoms with E-state index in [-0.39, 0.29) is 12.2 Å². The predicted molar refractivity (Wildman–Crippen MR) is 85.3 cm³/mol. The maximum absolute atomic E-state index is 13.5. The average Bonchev–Trinajstić information content (AvgIpc) is 2.96. The highest BCUT2D eigenvalue weighted by molar-refractivity contribution is 7.11. The van der Waals surface area contributed by atoms with Crippen molar-refractivity contribution in [2.24, 2.45) is 0 Å². The molecule has 0 unspecified atom stereocenters. The standard InChI is InChI=1S/C16H17FN2O2S/c1-3-11-5-6-12(22-11)9-18-15(20)16(21)19-14-8-10(2)4-7-13(14)17/h4-8H,3,9H2,1-2H3,(H,18,20)(H,19,21). The molecule has 0 saturated carbocycles. The van der Waals surface area contributed by atoms with Crippen molar-refractivity contribution in [1.29, 1.82) is 0 Å². The Kier molecular flexibility index (Phi) is 5.27. The lowest BCUT2D eigenvalue weighted by Gasteiger charge is -2.07. The smallest absolute Gasteiger partial charge is 0.313 e. The zero-order valence-corrected chi connectivity index (χ0v) is 13.2. The van der Waals surface area contributed by atoms with E-state index in [1.54, 1.807) is 24.3 Å². The first kappa shape index (κ1) is 16.2. The van der Waals surface area contributed by atoms with Crippen molar-refractivity contribution >= 4 is 28.8 Å². The highest BCUT2D eigenvalue weighted by Crippen LogP contribution is 2.17. The van der Waals surface area contributed by atoms with E-state index in [1.807, 2.05) is 12.1 Å². The summed E-state index contributed by atoms with van der Waals surface area (Å²) in [6, 6.07) is 8.23. The van der Waals surface area contributed by atoms with Crippen molar-refractivity contribution in [3.05, 3.63) is 51.5 Å². The van der Waals surface area contributed by atoms with E-state index in [1.165, 1.54) is 17.0 Å². The summed E-state index contributed by atoms with van der Waals surface area (Å²) in [5.41, 5.74) is 0.798. The first-order valence-corrected chi connectivity index (χ1v) is 7.74. The largest absolute Gasteiger partial charge is 0.343 e.